The lowest BCUT2D eigenvalue weighted by Crippen LogP contribution is -2.40. The molecule has 0 aromatic heterocycles. The zero-order valence-corrected chi connectivity index (χ0v) is 15.6. The van der Waals surface area contributed by atoms with E-state index in [9.17, 15) is 4.79 Å². The summed E-state index contributed by atoms with van der Waals surface area (Å²) in [5, 5.41) is 15.1. The Hall–Kier alpha value is -3.93. The Morgan fingerprint density at radius 1 is 0.931 bits per heavy atom. The summed E-state index contributed by atoms with van der Waals surface area (Å²) in [4.78, 5) is 16.8. The van der Waals surface area contributed by atoms with Crippen molar-refractivity contribution < 1.29 is 10.0 Å². The van der Waals surface area contributed by atoms with E-state index in [2.05, 4.69) is 15.5 Å². The molecule has 6 nitrogen and oxygen atoms in total. The number of nitrogens with zero attached hydrogens (tertiary/aromatic N) is 2. The van der Waals surface area contributed by atoms with Gasteiger partial charge in [0.15, 0.2) is 5.84 Å². The second-order valence-electron chi connectivity index (χ2n) is 6.79. The molecule has 3 aromatic rings. The summed E-state index contributed by atoms with van der Waals surface area (Å²) >= 11 is 0. The molecule has 1 aliphatic rings. The summed E-state index contributed by atoms with van der Waals surface area (Å²) in [5.41, 5.74) is 9.84. The Morgan fingerprint density at radius 2 is 1.59 bits per heavy atom. The topological polar surface area (TPSA) is 100 Å². The van der Waals surface area contributed by atoms with Crippen molar-refractivity contribution in [3.05, 3.63) is 107 Å². The number of urea groups is 1. The number of aliphatic imine (C=N–C) groups is 1. The normalized spacial score (nSPS) is 19.4. The van der Waals surface area contributed by atoms with Crippen LogP contribution in [0.2, 0.25) is 0 Å². The van der Waals surface area contributed by atoms with Gasteiger partial charge in [0.25, 0.3) is 0 Å². The molecule has 0 fully saturated rings. The highest BCUT2D eigenvalue weighted by Gasteiger charge is 2.35. The molecule has 0 radical (unpaired) electrons. The lowest BCUT2D eigenvalue weighted by atomic mass is 9.80. The van der Waals surface area contributed by atoms with E-state index < -0.39 is 6.03 Å². The maximum atomic E-state index is 12.5. The molecule has 3 aromatic carbocycles. The molecule has 0 bridgehead atoms. The van der Waals surface area contributed by atoms with Gasteiger partial charge in [-0.15, -0.1) is 0 Å². The Kier molecular flexibility index (Phi) is 5.07. The highest BCUT2D eigenvalue weighted by Crippen LogP contribution is 2.37. The molecule has 6 heteroatoms. The third-order valence-electron chi connectivity index (χ3n) is 5.01. The van der Waals surface area contributed by atoms with Crippen LogP contribution in [0.5, 0.6) is 0 Å². The molecule has 2 amide bonds. The Balaban J connectivity index is 1.87. The van der Waals surface area contributed by atoms with E-state index >= 15 is 0 Å². The number of carbonyl (C=O) groups excluding carboxylic acids is 1. The largest absolute Gasteiger partial charge is 0.409 e. The molecular weight excluding hydrogens is 364 g/mol. The molecule has 144 valence electrons. The second-order valence-corrected chi connectivity index (χ2v) is 6.79. The Morgan fingerprint density at radius 3 is 2.28 bits per heavy atom. The molecule has 0 saturated heterocycles. The molecule has 2 unspecified atom stereocenters. The van der Waals surface area contributed by atoms with Crippen molar-refractivity contribution in [3.63, 3.8) is 0 Å². The van der Waals surface area contributed by atoms with E-state index in [1.807, 2.05) is 78.9 Å². The minimum absolute atomic E-state index is 0.0159. The fraction of sp³-hybridized carbons (Fsp3) is 0.0870. The van der Waals surface area contributed by atoms with Crippen molar-refractivity contribution in [2.45, 2.75) is 12.0 Å². The van der Waals surface area contributed by atoms with E-state index in [0.717, 1.165) is 16.7 Å². The number of nitrogens with two attached hydrogens (primary N) is 1. The van der Waals surface area contributed by atoms with Crippen LogP contribution in [-0.2, 0) is 0 Å². The number of amides is 2. The van der Waals surface area contributed by atoms with Crippen molar-refractivity contribution in [1.82, 2.24) is 5.32 Å². The predicted molar refractivity (Wildman–Crippen MR) is 112 cm³/mol. The summed E-state index contributed by atoms with van der Waals surface area (Å²) in [6.07, 6.45) is 0. The molecule has 29 heavy (non-hydrogen) atoms. The lowest BCUT2D eigenvalue weighted by Gasteiger charge is -2.33. The first-order valence-electron chi connectivity index (χ1n) is 9.24. The van der Waals surface area contributed by atoms with Gasteiger partial charge in [-0.3, -0.25) is 0 Å². The number of carbonyl (C=O) groups is 1. The van der Waals surface area contributed by atoms with Crippen LogP contribution in [0.4, 0.5) is 4.79 Å². The van der Waals surface area contributed by atoms with E-state index in [1.165, 1.54) is 0 Å². The smallest absolute Gasteiger partial charge is 0.341 e. The Bertz CT molecular complexity index is 1080. The second kappa shape index (κ2) is 7.98. The van der Waals surface area contributed by atoms with Gasteiger partial charge < -0.3 is 16.3 Å². The number of hydrogen-bond acceptors (Lipinski definition) is 3. The lowest BCUT2D eigenvalue weighted by molar-refractivity contribution is 0.243. The molecule has 2 atom stereocenters. The van der Waals surface area contributed by atoms with Gasteiger partial charge in [0.05, 0.1) is 17.7 Å². The molecule has 1 aliphatic heterocycles. The van der Waals surface area contributed by atoms with Crippen LogP contribution in [0.25, 0.3) is 0 Å². The molecule has 0 saturated carbocycles. The fourth-order valence-electron chi connectivity index (χ4n) is 3.67. The van der Waals surface area contributed by atoms with Gasteiger partial charge in [-0.2, -0.15) is 4.99 Å². The van der Waals surface area contributed by atoms with Gasteiger partial charge in [-0.1, -0.05) is 84.0 Å². The maximum Gasteiger partial charge on any atom is 0.341 e. The molecule has 4 N–H and O–H groups in total. The van der Waals surface area contributed by atoms with E-state index in [0.29, 0.717) is 11.3 Å². The summed E-state index contributed by atoms with van der Waals surface area (Å²) in [6, 6.07) is 26.2. The molecule has 0 spiro atoms. The average molecular weight is 384 g/mol. The number of nitrogens with one attached hydrogen (secondary N) is 1. The summed E-state index contributed by atoms with van der Waals surface area (Å²) in [6.45, 7) is 0. The van der Waals surface area contributed by atoms with Crippen LogP contribution in [0, 0.1) is 0 Å². The van der Waals surface area contributed by atoms with Crippen LogP contribution in [0.15, 0.2) is 95.1 Å². The third-order valence-corrected chi connectivity index (χ3v) is 5.01. The maximum absolute atomic E-state index is 12.5. The van der Waals surface area contributed by atoms with E-state index in [-0.39, 0.29) is 17.8 Å². The Labute approximate surface area is 168 Å². The molecule has 1 heterocycles. The molecule has 0 aliphatic carbocycles. The minimum Gasteiger partial charge on any atom is -0.409 e. The van der Waals surface area contributed by atoms with E-state index in [1.54, 1.807) is 6.07 Å². The number of oxime groups is 1. The highest BCUT2D eigenvalue weighted by molar-refractivity contribution is 6.12. The molecular formula is C23H20N4O2. The highest BCUT2D eigenvalue weighted by atomic mass is 16.4. The number of hydrogen-bond donors (Lipinski definition) is 3. The first-order valence-corrected chi connectivity index (χ1v) is 9.24. The van der Waals surface area contributed by atoms with Gasteiger partial charge >= 0.3 is 6.03 Å². The van der Waals surface area contributed by atoms with Crippen molar-refractivity contribution in [2.75, 3.05) is 0 Å². The summed E-state index contributed by atoms with van der Waals surface area (Å²) in [7, 11) is 0. The summed E-state index contributed by atoms with van der Waals surface area (Å²) in [5.74, 6) is -0.180. The molecule has 4 rings (SSSR count). The number of amidine groups is 1. The zero-order valence-electron chi connectivity index (χ0n) is 15.6. The predicted octanol–water partition coefficient (Wildman–Crippen LogP) is 3.82. The first-order chi connectivity index (χ1) is 14.2. The van der Waals surface area contributed by atoms with Crippen LogP contribution >= 0.6 is 0 Å². The van der Waals surface area contributed by atoms with Gasteiger partial charge in [-0.25, -0.2) is 4.79 Å². The van der Waals surface area contributed by atoms with Crippen LogP contribution in [-0.4, -0.2) is 22.8 Å². The van der Waals surface area contributed by atoms with Gasteiger partial charge in [0, 0.05) is 5.56 Å². The quantitative estimate of drug-likeness (QED) is 0.276. The summed E-state index contributed by atoms with van der Waals surface area (Å²) < 4.78 is 0. The van der Waals surface area contributed by atoms with Gasteiger partial charge in [-0.05, 0) is 22.8 Å². The third kappa shape index (κ3) is 3.73. The van der Waals surface area contributed by atoms with Gasteiger partial charge in [0.1, 0.15) is 0 Å². The minimum atomic E-state index is -0.393. The van der Waals surface area contributed by atoms with Crippen molar-refractivity contribution in [2.24, 2.45) is 15.9 Å². The van der Waals surface area contributed by atoms with Crippen molar-refractivity contribution in [1.29, 1.82) is 0 Å². The number of benzene rings is 3. The van der Waals surface area contributed by atoms with Gasteiger partial charge in [0.2, 0.25) is 0 Å². The average Bonchev–Trinajstić information content (AvgIpc) is 2.79. The van der Waals surface area contributed by atoms with Crippen molar-refractivity contribution >= 4 is 17.6 Å². The van der Waals surface area contributed by atoms with Crippen LogP contribution < -0.4 is 11.1 Å². The fourth-order valence-corrected chi connectivity index (χ4v) is 3.67. The zero-order chi connectivity index (χ0) is 20.2. The first kappa shape index (κ1) is 18.4. The number of rotatable bonds is 4. The van der Waals surface area contributed by atoms with Crippen LogP contribution in [0.1, 0.15) is 34.2 Å². The standard InChI is InChI=1S/C23H20N4O2/c24-22(27-29)18-13-7-12-17(14-18)21-19(15-8-3-1-4-9-15)20(25-23(28)26-21)16-10-5-2-6-11-16/h1-14,19,21,29H,(H2,24,27)(H,26,28). The monoisotopic (exact) mass is 384 g/mol. The van der Waals surface area contributed by atoms with Crippen LogP contribution in [0.3, 0.4) is 0 Å². The van der Waals surface area contributed by atoms with E-state index in [4.69, 9.17) is 10.9 Å². The SMILES string of the molecule is NC(=NO)c1cccc(C2NC(=O)N=C(c3ccccc3)C2c2ccccc2)c1. The van der Waals surface area contributed by atoms with Crippen molar-refractivity contribution in [3.8, 4) is 0 Å².